The fraction of sp³-hybridized carbons (Fsp3) is 0.429. The average molecular weight is 460 g/mol. The maximum absolute atomic E-state index is 13.6. The van der Waals surface area contributed by atoms with Crippen LogP contribution in [0.2, 0.25) is 0 Å². The van der Waals surface area contributed by atoms with E-state index in [0.29, 0.717) is 18.7 Å². The van der Waals surface area contributed by atoms with Gasteiger partial charge < -0.3 is 10.4 Å². The van der Waals surface area contributed by atoms with Crippen LogP contribution >= 0.6 is 0 Å². The number of carbonyl (C=O) groups is 2. The zero-order valence-electron chi connectivity index (χ0n) is 19.8. The molecule has 0 saturated carbocycles. The molecule has 2 aromatic rings. The first-order valence-electron chi connectivity index (χ1n) is 12.1. The van der Waals surface area contributed by atoms with Crippen LogP contribution in [0, 0.1) is 17.8 Å². The molecule has 2 N–H and O–H groups in total. The van der Waals surface area contributed by atoms with Crippen LogP contribution in [0.1, 0.15) is 43.7 Å². The third-order valence-electron chi connectivity index (χ3n) is 7.17. The van der Waals surface area contributed by atoms with Crippen LogP contribution in [0.25, 0.3) is 0 Å². The predicted octanol–water partition coefficient (Wildman–Crippen LogP) is 3.94. The molecule has 1 atom stereocenters. The summed E-state index contributed by atoms with van der Waals surface area (Å²) in [6.45, 7) is 4.16. The van der Waals surface area contributed by atoms with Gasteiger partial charge in [-0.1, -0.05) is 54.5 Å². The molecule has 2 heterocycles. The monoisotopic (exact) mass is 459 g/mol. The van der Waals surface area contributed by atoms with Crippen molar-refractivity contribution >= 4 is 11.9 Å². The van der Waals surface area contributed by atoms with E-state index >= 15 is 0 Å². The first-order chi connectivity index (χ1) is 16.5. The van der Waals surface area contributed by atoms with Crippen molar-refractivity contribution in [3.05, 3.63) is 65.7 Å². The molecule has 1 unspecified atom stereocenters. The summed E-state index contributed by atoms with van der Waals surface area (Å²) >= 11 is 0. The van der Waals surface area contributed by atoms with Gasteiger partial charge in [0.05, 0.1) is 6.54 Å². The lowest BCUT2D eigenvalue weighted by atomic mass is 9.74. The Kier molecular flexibility index (Phi) is 7.54. The van der Waals surface area contributed by atoms with Crippen LogP contribution in [0.5, 0.6) is 5.75 Å². The van der Waals surface area contributed by atoms with Crippen molar-refractivity contribution in [3.8, 4) is 17.6 Å². The quantitative estimate of drug-likeness (QED) is 0.463. The number of aromatic hydroxyl groups is 1. The minimum absolute atomic E-state index is 0.0694. The molecular weight excluding hydrogens is 426 g/mol. The predicted molar refractivity (Wildman–Crippen MR) is 132 cm³/mol. The highest BCUT2D eigenvalue weighted by Crippen LogP contribution is 2.38. The number of phenols is 1. The van der Waals surface area contributed by atoms with Gasteiger partial charge in [-0.3, -0.25) is 14.6 Å². The Labute approximate surface area is 202 Å². The molecule has 2 aromatic carbocycles. The second-order valence-electron chi connectivity index (χ2n) is 9.24. The summed E-state index contributed by atoms with van der Waals surface area (Å²) in [4.78, 5) is 30.0. The van der Waals surface area contributed by atoms with Gasteiger partial charge in [0.15, 0.2) is 0 Å². The van der Waals surface area contributed by atoms with Gasteiger partial charge in [0.2, 0.25) is 0 Å². The fourth-order valence-corrected chi connectivity index (χ4v) is 5.28. The van der Waals surface area contributed by atoms with Crippen LogP contribution < -0.4 is 5.32 Å². The van der Waals surface area contributed by atoms with Crippen molar-refractivity contribution in [2.45, 2.75) is 51.1 Å². The molecule has 0 radical (unpaired) electrons. The van der Waals surface area contributed by atoms with Crippen LogP contribution in [-0.4, -0.2) is 52.0 Å². The second kappa shape index (κ2) is 10.8. The number of phenolic OH excluding ortho intramolecular Hbond substituents is 1. The maximum Gasteiger partial charge on any atom is 0.325 e. The maximum atomic E-state index is 13.6. The number of piperidine rings is 1. The number of urea groups is 1. The van der Waals surface area contributed by atoms with Gasteiger partial charge in [-0.05, 0) is 69.7 Å². The molecule has 2 fully saturated rings. The fourth-order valence-electron chi connectivity index (χ4n) is 5.28. The summed E-state index contributed by atoms with van der Waals surface area (Å²) in [5, 5.41) is 13.2. The first kappa shape index (κ1) is 23.8. The molecule has 2 aliphatic rings. The van der Waals surface area contributed by atoms with Crippen LogP contribution in [0.4, 0.5) is 4.79 Å². The standard InChI is InChI=1S/C28H33N3O3/c1-2-3-18-31-26(33)28(29-27(31)34,17-9-12-22-10-5-4-6-11-22)24-15-19-30(20-16-24)21-23-13-7-8-14-25(23)32/h4-8,10-11,13-14,24,32H,9,12,15-21H2,1H3,(H,29,34). The summed E-state index contributed by atoms with van der Waals surface area (Å²) in [5.74, 6) is 5.92. The van der Waals surface area contributed by atoms with Gasteiger partial charge in [0.25, 0.3) is 5.91 Å². The third kappa shape index (κ3) is 5.10. The minimum atomic E-state index is -0.873. The Morgan fingerprint density at radius 3 is 2.47 bits per heavy atom. The van der Waals surface area contributed by atoms with E-state index in [4.69, 9.17) is 0 Å². The van der Waals surface area contributed by atoms with E-state index in [9.17, 15) is 14.7 Å². The number of imide groups is 1. The van der Waals surface area contributed by atoms with E-state index in [1.807, 2.05) is 36.4 Å². The van der Waals surface area contributed by atoms with E-state index in [0.717, 1.165) is 44.3 Å². The van der Waals surface area contributed by atoms with Crippen molar-refractivity contribution in [2.75, 3.05) is 19.6 Å². The highest BCUT2D eigenvalue weighted by molar-refractivity contribution is 6.07. The van der Waals surface area contributed by atoms with E-state index in [1.54, 1.807) is 13.0 Å². The van der Waals surface area contributed by atoms with Gasteiger partial charge in [-0.25, -0.2) is 4.79 Å². The highest BCUT2D eigenvalue weighted by Gasteiger charge is 2.55. The molecule has 0 aromatic heterocycles. The first-order valence-corrected chi connectivity index (χ1v) is 12.1. The Hall–Kier alpha value is -3.30. The lowest BCUT2D eigenvalue weighted by Gasteiger charge is -2.41. The van der Waals surface area contributed by atoms with E-state index in [1.165, 1.54) is 10.5 Å². The van der Waals surface area contributed by atoms with Crippen molar-refractivity contribution in [1.82, 2.24) is 15.1 Å². The molecule has 0 aliphatic carbocycles. The average Bonchev–Trinajstić information content (AvgIpc) is 3.10. The number of para-hydroxylation sites is 1. The molecule has 2 saturated heterocycles. The number of amides is 3. The minimum Gasteiger partial charge on any atom is -0.508 e. The number of benzene rings is 2. The van der Waals surface area contributed by atoms with Crippen molar-refractivity contribution < 1.29 is 14.7 Å². The SMILES string of the molecule is CC#CCN1C(=O)NC(CCCc2ccccc2)(C2CCN(Cc3ccccc3O)CC2)C1=O. The summed E-state index contributed by atoms with van der Waals surface area (Å²) < 4.78 is 0. The lowest BCUT2D eigenvalue weighted by molar-refractivity contribution is -0.134. The molecule has 4 rings (SSSR count). The second-order valence-corrected chi connectivity index (χ2v) is 9.24. The van der Waals surface area contributed by atoms with Gasteiger partial charge in [0, 0.05) is 12.1 Å². The topological polar surface area (TPSA) is 72.9 Å². The molecule has 3 amide bonds. The number of aryl methyl sites for hydroxylation is 1. The number of likely N-dealkylation sites (tertiary alicyclic amines) is 1. The van der Waals surface area contributed by atoms with E-state index < -0.39 is 5.54 Å². The van der Waals surface area contributed by atoms with Crippen LogP contribution in [0.3, 0.4) is 0 Å². The molecule has 178 valence electrons. The number of hydrogen-bond acceptors (Lipinski definition) is 4. The number of nitrogens with zero attached hydrogens (tertiary/aromatic N) is 2. The molecule has 6 heteroatoms. The third-order valence-corrected chi connectivity index (χ3v) is 7.17. The summed E-state index contributed by atoms with van der Waals surface area (Å²) in [6, 6.07) is 17.3. The van der Waals surface area contributed by atoms with Crippen molar-refractivity contribution in [3.63, 3.8) is 0 Å². The van der Waals surface area contributed by atoms with Crippen LogP contribution in [-0.2, 0) is 17.8 Å². The summed E-state index contributed by atoms with van der Waals surface area (Å²) in [7, 11) is 0. The van der Waals surface area contributed by atoms with Gasteiger partial charge in [-0.15, -0.1) is 5.92 Å². The smallest absolute Gasteiger partial charge is 0.325 e. The number of hydrogen-bond donors (Lipinski definition) is 2. The molecule has 6 nitrogen and oxygen atoms in total. The largest absolute Gasteiger partial charge is 0.508 e. The molecule has 34 heavy (non-hydrogen) atoms. The van der Waals surface area contributed by atoms with Gasteiger partial charge in [-0.2, -0.15) is 0 Å². The highest BCUT2D eigenvalue weighted by atomic mass is 16.3. The molecule has 0 spiro atoms. The van der Waals surface area contributed by atoms with E-state index in [-0.39, 0.29) is 24.4 Å². The van der Waals surface area contributed by atoms with Crippen molar-refractivity contribution in [2.24, 2.45) is 5.92 Å². The number of carbonyl (C=O) groups excluding carboxylic acids is 2. The zero-order valence-corrected chi connectivity index (χ0v) is 19.8. The van der Waals surface area contributed by atoms with Crippen LogP contribution in [0.15, 0.2) is 54.6 Å². The normalized spacial score (nSPS) is 21.3. The Bertz CT molecular complexity index is 1070. The number of rotatable bonds is 8. The molecule has 2 aliphatic heterocycles. The van der Waals surface area contributed by atoms with Crippen molar-refractivity contribution in [1.29, 1.82) is 0 Å². The van der Waals surface area contributed by atoms with Gasteiger partial charge >= 0.3 is 6.03 Å². The summed E-state index contributed by atoms with van der Waals surface area (Å²) in [6.07, 6.45) is 3.94. The molecule has 0 bridgehead atoms. The lowest BCUT2D eigenvalue weighted by Crippen LogP contribution is -2.56. The number of nitrogens with one attached hydrogen (secondary N) is 1. The van der Waals surface area contributed by atoms with Gasteiger partial charge in [0.1, 0.15) is 11.3 Å². The Balaban J connectivity index is 1.47. The Morgan fingerprint density at radius 2 is 1.76 bits per heavy atom. The molecular formula is C28H33N3O3. The zero-order chi connectivity index (χ0) is 24.0. The Morgan fingerprint density at radius 1 is 1.06 bits per heavy atom. The van der Waals surface area contributed by atoms with E-state index in [2.05, 4.69) is 34.2 Å². The summed E-state index contributed by atoms with van der Waals surface area (Å²) in [5.41, 5.74) is 1.27.